The minimum Gasteiger partial charge on any atom is -0.494 e. The highest BCUT2D eigenvalue weighted by molar-refractivity contribution is 7.92. The Morgan fingerprint density at radius 1 is 1.14 bits per heavy atom. The van der Waals surface area contributed by atoms with Gasteiger partial charge >= 0.3 is 0 Å². The predicted octanol–water partition coefficient (Wildman–Crippen LogP) is 3.55. The predicted molar refractivity (Wildman–Crippen MR) is 104 cm³/mol. The largest absolute Gasteiger partial charge is 0.494 e. The molecule has 0 heterocycles. The van der Waals surface area contributed by atoms with Crippen LogP contribution >= 0.6 is 0 Å². The molecule has 1 atom stereocenters. The number of sulfonamides is 1. The summed E-state index contributed by atoms with van der Waals surface area (Å²) in [6, 6.07) is 7.84. The number of carbonyl (C=O) groups is 1. The number of rotatable bonds is 8. The van der Waals surface area contributed by atoms with Gasteiger partial charge < -0.3 is 10.1 Å². The van der Waals surface area contributed by atoms with Crippen molar-refractivity contribution in [1.29, 1.82) is 0 Å². The average molecular weight is 412 g/mol. The molecule has 28 heavy (non-hydrogen) atoms. The summed E-state index contributed by atoms with van der Waals surface area (Å²) in [5, 5.41) is 2.33. The van der Waals surface area contributed by atoms with Crippen LogP contribution in [0.3, 0.4) is 0 Å². The molecule has 0 aliphatic carbocycles. The number of anilines is 2. The van der Waals surface area contributed by atoms with Gasteiger partial charge in [0.25, 0.3) is 0 Å². The molecular weight excluding hydrogens is 390 g/mol. The van der Waals surface area contributed by atoms with Gasteiger partial charge in [-0.3, -0.25) is 9.10 Å². The van der Waals surface area contributed by atoms with Crippen LogP contribution in [0.1, 0.15) is 20.3 Å². The van der Waals surface area contributed by atoms with Crippen LogP contribution in [0.5, 0.6) is 5.75 Å². The number of nitrogens with one attached hydrogen (secondary N) is 1. The molecule has 0 saturated carbocycles. The summed E-state index contributed by atoms with van der Waals surface area (Å²) in [5.74, 6) is -1.90. The number of benzene rings is 2. The monoisotopic (exact) mass is 412 g/mol. The fraction of sp³-hybridized carbons (Fsp3) is 0.316. The molecule has 152 valence electrons. The first-order chi connectivity index (χ1) is 13.2. The van der Waals surface area contributed by atoms with Crippen LogP contribution < -0.4 is 14.4 Å². The average Bonchev–Trinajstić information content (AvgIpc) is 2.62. The van der Waals surface area contributed by atoms with Gasteiger partial charge in [0.05, 0.1) is 24.2 Å². The number of hydrogen-bond acceptors (Lipinski definition) is 4. The van der Waals surface area contributed by atoms with E-state index >= 15 is 0 Å². The van der Waals surface area contributed by atoms with E-state index in [-0.39, 0.29) is 17.8 Å². The number of amides is 1. The van der Waals surface area contributed by atoms with E-state index in [0.29, 0.717) is 18.4 Å². The molecule has 0 radical (unpaired) electrons. The molecular formula is C19H22F2N2O4S. The first-order valence-corrected chi connectivity index (χ1v) is 10.5. The zero-order chi connectivity index (χ0) is 20.9. The van der Waals surface area contributed by atoms with Gasteiger partial charge in [-0.05, 0) is 49.7 Å². The van der Waals surface area contributed by atoms with Crippen LogP contribution in [0.4, 0.5) is 20.2 Å². The molecule has 0 fully saturated rings. The summed E-state index contributed by atoms with van der Waals surface area (Å²) >= 11 is 0. The first kappa shape index (κ1) is 21.6. The van der Waals surface area contributed by atoms with Crippen LogP contribution in [-0.2, 0) is 14.8 Å². The number of halogens is 2. The van der Waals surface area contributed by atoms with Gasteiger partial charge in [0.15, 0.2) is 0 Å². The fourth-order valence-corrected chi connectivity index (χ4v) is 3.93. The van der Waals surface area contributed by atoms with Crippen LogP contribution in [0.25, 0.3) is 0 Å². The third kappa shape index (κ3) is 5.19. The molecule has 0 aliphatic rings. The molecule has 0 unspecified atom stereocenters. The summed E-state index contributed by atoms with van der Waals surface area (Å²) in [6.45, 7) is 3.92. The Labute approximate surface area is 163 Å². The van der Waals surface area contributed by atoms with Gasteiger partial charge in [0.1, 0.15) is 23.4 Å². The highest BCUT2D eigenvalue weighted by Crippen LogP contribution is 2.26. The zero-order valence-corrected chi connectivity index (χ0v) is 16.6. The Morgan fingerprint density at radius 2 is 1.79 bits per heavy atom. The maximum atomic E-state index is 13.9. The smallest absolute Gasteiger partial charge is 0.248 e. The van der Waals surface area contributed by atoms with E-state index in [1.54, 1.807) is 19.1 Å². The Bertz CT molecular complexity index is 933. The van der Waals surface area contributed by atoms with E-state index in [4.69, 9.17) is 4.74 Å². The minimum atomic E-state index is -3.83. The van der Waals surface area contributed by atoms with Crippen molar-refractivity contribution < 1.29 is 26.7 Å². The molecule has 0 saturated heterocycles. The van der Waals surface area contributed by atoms with Crippen molar-refractivity contribution in [3.63, 3.8) is 0 Å². The van der Waals surface area contributed by atoms with Gasteiger partial charge in [0, 0.05) is 6.07 Å². The molecule has 1 N–H and O–H groups in total. The summed E-state index contributed by atoms with van der Waals surface area (Å²) in [5.41, 5.74) is 0.0394. The summed E-state index contributed by atoms with van der Waals surface area (Å²) in [4.78, 5) is 12.7. The van der Waals surface area contributed by atoms with Crippen molar-refractivity contribution in [1.82, 2.24) is 0 Å². The Morgan fingerprint density at radius 3 is 2.29 bits per heavy atom. The normalized spacial score (nSPS) is 12.3. The molecule has 6 nitrogen and oxygen atoms in total. The van der Waals surface area contributed by atoms with E-state index in [2.05, 4.69) is 5.32 Å². The molecule has 2 aromatic rings. The lowest BCUT2D eigenvalue weighted by Crippen LogP contribution is -2.47. The van der Waals surface area contributed by atoms with Crippen LogP contribution in [0.15, 0.2) is 42.5 Å². The van der Waals surface area contributed by atoms with Gasteiger partial charge in [-0.25, -0.2) is 17.2 Å². The Hall–Kier alpha value is -2.68. The van der Waals surface area contributed by atoms with E-state index in [9.17, 15) is 22.0 Å². The maximum absolute atomic E-state index is 13.9. The summed E-state index contributed by atoms with van der Waals surface area (Å²) in [7, 11) is -3.83. The quantitative estimate of drug-likeness (QED) is 0.720. The van der Waals surface area contributed by atoms with Crippen molar-refractivity contribution in [2.24, 2.45) is 0 Å². The number of hydrogen-bond donors (Lipinski definition) is 1. The second-order valence-electron chi connectivity index (χ2n) is 6.02. The zero-order valence-electron chi connectivity index (χ0n) is 15.8. The molecule has 0 aromatic heterocycles. The molecule has 2 aromatic carbocycles. The SMILES string of the molecule is CCOc1ccc(N([C@@H](CC)C(=O)Nc2ccc(F)cc2F)S(C)(=O)=O)cc1. The lowest BCUT2D eigenvalue weighted by Gasteiger charge is -2.30. The third-order valence-corrected chi connectivity index (χ3v) is 5.10. The summed E-state index contributed by atoms with van der Waals surface area (Å²) in [6.07, 6.45) is 1.12. The van der Waals surface area contributed by atoms with E-state index < -0.39 is 33.6 Å². The van der Waals surface area contributed by atoms with Crippen molar-refractivity contribution in [3.05, 3.63) is 54.1 Å². The molecule has 0 bridgehead atoms. The third-order valence-electron chi connectivity index (χ3n) is 3.92. The highest BCUT2D eigenvalue weighted by Gasteiger charge is 2.32. The highest BCUT2D eigenvalue weighted by atomic mass is 32.2. The lowest BCUT2D eigenvalue weighted by atomic mass is 10.1. The Balaban J connectivity index is 2.35. The lowest BCUT2D eigenvalue weighted by molar-refractivity contribution is -0.117. The van der Waals surface area contributed by atoms with Crippen molar-refractivity contribution in [2.75, 3.05) is 22.5 Å². The van der Waals surface area contributed by atoms with E-state index in [1.807, 2.05) is 6.92 Å². The molecule has 0 aliphatic heterocycles. The molecule has 0 spiro atoms. The number of ether oxygens (including phenoxy) is 1. The Kier molecular flexibility index (Phi) is 6.95. The van der Waals surface area contributed by atoms with E-state index in [0.717, 1.165) is 22.7 Å². The van der Waals surface area contributed by atoms with Crippen molar-refractivity contribution in [3.8, 4) is 5.75 Å². The van der Waals surface area contributed by atoms with E-state index in [1.165, 1.54) is 12.1 Å². The minimum absolute atomic E-state index is 0.134. The number of carbonyl (C=O) groups excluding carboxylic acids is 1. The fourth-order valence-electron chi connectivity index (χ4n) is 2.72. The molecule has 2 rings (SSSR count). The van der Waals surface area contributed by atoms with Crippen LogP contribution in [0.2, 0.25) is 0 Å². The van der Waals surface area contributed by atoms with Crippen molar-refractivity contribution in [2.45, 2.75) is 26.3 Å². The second-order valence-corrected chi connectivity index (χ2v) is 7.88. The molecule has 1 amide bonds. The second kappa shape index (κ2) is 9.01. The number of nitrogens with zero attached hydrogens (tertiary/aromatic N) is 1. The van der Waals surface area contributed by atoms with Gasteiger partial charge in [0.2, 0.25) is 15.9 Å². The van der Waals surface area contributed by atoms with Crippen molar-refractivity contribution >= 4 is 27.3 Å². The molecule has 9 heteroatoms. The van der Waals surface area contributed by atoms with Crippen LogP contribution in [-0.4, -0.2) is 33.2 Å². The van der Waals surface area contributed by atoms with Gasteiger partial charge in [-0.1, -0.05) is 6.92 Å². The maximum Gasteiger partial charge on any atom is 0.248 e. The van der Waals surface area contributed by atoms with Crippen LogP contribution in [0, 0.1) is 11.6 Å². The first-order valence-electron chi connectivity index (χ1n) is 8.65. The topological polar surface area (TPSA) is 75.7 Å². The van der Waals surface area contributed by atoms with Gasteiger partial charge in [-0.2, -0.15) is 0 Å². The summed E-state index contributed by atoms with van der Waals surface area (Å²) < 4.78 is 58.0. The standard InChI is InChI=1S/C19H22F2N2O4S/c1-4-18(19(24)22-17-11-6-13(20)12-16(17)21)23(28(3,25)26)14-7-9-15(10-8-14)27-5-2/h6-12,18H,4-5H2,1-3H3,(H,22,24)/t18-/m0/s1. The van der Waals surface area contributed by atoms with Gasteiger partial charge in [-0.15, -0.1) is 0 Å².